The smallest absolute Gasteiger partial charge is 0.325 e. The highest BCUT2D eigenvalue weighted by Gasteiger charge is 2.52. The van der Waals surface area contributed by atoms with E-state index in [1.807, 2.05) is 6.92 Å². The Hall–Kier alpha value is -1.44. The van der Waals surface area contributed by atoms with Gasteiger partial charge in [-0.25, -0.2) is 8.42 Å². The van der Waals surface area contributed by atoms with Crippen LogP contribution in [0.1, 0.15) is 18.9 Å². The van der Waals surface area contributed by atoms with Gasteiger partial charge in [0, 0.05) is 6.54 Å². The van der Waals surface area contributed by atoms with Crippen molar-refractivity contribution in [3.63, 3.8) is 0 Å². The summed E-state index contributed by atoms with van der Waals surface area (Å²) in [4.78, 5) is 11.3. The van der Waals surface area contributed by atoms with Gasteiger partial charge in [0.1, 0.15) is 0 Å². The maximum Gasteiger partial charge on any atom is 0.325 e. The van der Waals surface area contributed by atoms with E-state index in [0.29, 0.717) is 0 Å². The molecule has 0 bridgehead atoms. The third-order valence-electron chi connectivity index (χ3n) is 3.58. The van der Waals surface area contributed by atoms with Gasteiger partial charge in [0.2, 0.25) is 10.0 Å². The zero-order chi connectivity index (χ0) is 15.1. The van der Waals surface area contributed by atoms with Gasteiger partial charge in [0.15, 0.2) is 6.04 Å². The van der Waals surface area contributed by atoms with Gasteiger partial charge in [-0.1, -0.05) is 17.7 Å². The second-order valence-corrected chi connectivity index (χ2v) is 7.17. The number of hydrogen-bond acceptors (Lipinski definition) is 4. The highest BCUT2D eigenvalue weighted by molar-refractivity contribution is 7.89. The zero-order valence-corrected chi connectivity index (χ0v) is 12.1. The van der Waals surface area contributed by atoms with Crippen molar-refractivity contribution in [1.82, 2.24) is 4.31 Å². The number of benzene rings is 1. The molecule has 0 amide bonds. The Bertz CT molecular complexity index is 621. The highest BCUT2D eigenvalue weighted by Crippen LogP contribution is 2.33. The Balaban J connectivity index is 2.44. The number of nitrogens with zero attached hydrogens (tertiary/aromatic N) is 1. The third kappa shape index (κ3) is 2.44. The largest absolute Gasteiger partial charge is 0.480 e. The van der Waals surface area contributed by atoms with Crippen LogP contribution in [0, 0.1) is 6.92 Å². The molecule has 1 aliphatic rings. The number of carboxylic acid groups (broad SMARTS) is 1. The van der Waals surface area contributed by atoms with Crippen molar-refractivity contribution in [2.75, 3.05) is 6.54 Å². The summed E-state index contributed by atoms with van der Waals surface area (Å²) in [6, 6.07) is 4.72. The fraction of sp³-hybridized carbons (Fsp3) is 0.462. The molecule has 0 aromatic heterocycles. The van der Waals surface area contributed by atoms with Gasteiger partial charge in [-0.3, -0.25) is 4.79 Å². The lowest BCUT2D eigenvalue weighted by Crippen LogP contribution is -2.50. The Morgan fingerprint density at radius 1 is 1.35 bits per heavy atom. The van der Waals surface area contributed by atoms with Crippen molar-refractivity contribution >= 4 is 16.0 Å². The van der Waals surface area contributed by atoms with Crippen LogP contribution in [0.25, 0.3) is 0 Å². The standard InChI is InChI=1S/C13H17NO5S/c1-9-3-5-10(6-4-9)20(18,19)14-8-7-13(2,17)11(14)12(15)16/h3-6,11,17H,7-8H2,1-2H3,(H,15,16)/t11-,13-/m0/s1. The predicted molar refractivity (Wildman–Crippen MR) is 71.7 cm³/mol. The number of aliphatic hydroxyl groups is 1. The lowest BCUT2D eigenvalue weighted by molar-refractivity contribution is -0.146. The van der Waals surface area contributed by atoms with Crippen LogP contribution in [0.3, 0.4) is 0 Å². The minimum atomic E-state index is -3.93. The molecule has 1 heterocycles. The van der Waals surface area contributed by atoms with Crippen molar-refractivity contribution < 1.29 is 23.4 Å². The second-order valence-electron chi connectivity index (χ2n) is 5.28. The van der Waals surface area contributed by atoms with Gasteiger partial charge in [0.05, 0.1) is 10.5 Å². The van der Waals surface area contributed by atoms with Crippen LogP contribution in [0.5, 0.6) is 0 Å². The van der Waals surface area contributed by atoms with Crippen molar-refractivity contribution in [1.29, 1.82) is 0 Å². The number of aliphatic carboxylic acids is 1. The van der Waals surface area contributed by atoms with Crippen LogP contribution in [0.15, 0.2) is 29.2 Å². The lowest BCUT2D eigenvalue weighted by Gasteiger charge is -2.27. The molecule has 1 fully saturated rings. The van der Waals surface area contributed by atoms with E-state index in [1.54, 1.807) is 12.1 Å². The Labute approximate surface area is 117 Å². The van der Waals surface area contributed by atoms with Gasteiger partial charge in [-0.15, -0.1) is 0 Å². The van der Waals surface area contributed by atoms with Crippen LogP contribution < -0.4 is 0 Å². The van der Waals surface area contributed by atoms with Gasteiger partial charge < -0.3 is 10.2 Å². The Morgan fingerprint density at radius 3 is 2.40 bits per heavy atom. The summed E-state index contributed by atoms with van der Waals surface area (Å²) in [6.07, 6.45) is 0.0923. The van der Waals surface area contributed by atoms with Gasteiger partial charge in [0.25, 0.3) is 0 Å². The first kappa shape index (κ1) is 15.0. The Kier molecular flexibility index (Phi) is 3.62. The van der Waals surface area contributed by atoms with Gasteiger partial charge in [-0.2, -0.15) is 4.31 Å². The first-order valence-corrected chi connectivity index (χ1v) is 7.64. The molecule has 2 N–H and O–H groups in total. The molecular formula is C13H17NO5S. The van der Waals surface area contributed by atoms with E-state index in [4.69, 9.17) is 0 Å². The normalized spacial score (nSPS) is 27.6. The van der Waals surface area contributed by atoms with Crippen LogP contribution in [-0.4, -0.2) is 47.1 Å². The minimum Gasteiger partial charge on any atom is -0.480 e. The highest BCUT2D eigenvalue weighted by atomic mass is 32.2. The molecule has 0 aliphatic carbocycles. The molecule has 1 aromatic rings. The fourth-order valence-corrected chi connectivity index (χ4v) is 4.08. The van der Waals surface area contributed by atoms with Crippen LogP contribution in [-0.2, 0) is 14.8 Å². The van der Waals surface area contributed by atoms with Crippen LogP contribution >= 0.6 is 0 Å². The van der Waals surface area contributed by atoms with E-state index >= 15 is 0 Å². The SMILES string of the molecule is Cc1ccc(S(=O)(=O)N2CC[C@](C)(O)[C@@H]2C(=O)O)cc1. The summed E-state index contributed by atoms with van der Waals surface area (Å²) in [5.74, 6) is -1.34. The van der Waals surface area contributed by atoms with Crippen LogP contribution in [0.2, 0.25) is 0 Å². The molecule has 0 spiro atoms. The van der Waals surface area contributed by atoms with Gasteiger partial charge >= 0.3 is 5.97 Å². The van der Waals surface area contributed by atoms with E-state index < -0.39 is 27.6 Å². The lowest BCUT2D eigenvalue weighted by atomic mass is 9.98. The summed E-state index contributed by atoms with van der Waals surface area (Å²) in [5.41, 5.74) is -0.656. The number of sulfonamides is 1. The molecule has 7 heteroatoms. The molecule has 1 saturated heterocycles. The third-order valence-corrected chi connectivity index (χ3v) is 5.46. The first-order chi connectivity index (χ1) is 9.16. The zero-order valence-electron chi connectivity index (χ0n) is 11.3. The Morgan fingerprint density at radius 2 is 1.90 bits per heavy atom. The molecule has 20 heavy (non-hydrogen) atoms. The summed E-state index contributed by atoms with van der Waals surface area (Å²) < 4.78 is 25.9. The molecule has 2 atom stereocenters. The maximum absolute atomic E-state index is 12.5. The molecule has 2 rings (SSSR count). The summed E-state index contributed by atoms with van der Waals surface area (Å²) in [5, 5.41) is 19.3. The van der Waals surface area contributed by atoms with E-state index in [-0.39, 0.29) is 17.9 Å². The molecule has 6 nitrogen and oxygen atoms in total. The monoisotopic (exact) mass is 299 g/mol. The average Bonchev–Trinajstić information content (AvgIpc) is 2.66. The molecule has 0 unspecified atom stereocenters. The summed E-state index contributed by atoms with van der Waals surface area (Å²) >= 11 is 0. The molecule has 0 radical (unpaired) electrons. The van der Waals surface area contributed by atoms with E-state index in [1.165, 1.54) is 19.1 Å². The number of hydrogen-bond donors (Lipinski definition) is 2. The van der Waals surface area contributed by atoms with E-state index in [2.05, 4.69) is 0 Å². The first-order valence-electron chi connectivity index (χ1n) is 6.20. The molecular weight excluding hydrogens is 282 g/mol. The number of carboxylic acids is 1. The summed E-state index contributed by atoms with van der Waals surface area (Å²) in [6.45, 7) is 3.16. The number of carbonyl (C=O) groups is 1. The predicted octanol–water partition coefficient (Wildman–Crippen LogP) is 0.594. The summed E-state index contributed by atoms with van der Waals surface area (Å²) in [7, 11) is -3.93. The van der Waals surface area contributed by atoms with Gasteiger partial charge in [-0.05, 0) is 32.4 Å². The van der Waals surface area contributed by atoms with Crippen molar-refractivity contribution in [3.05, 3.63) is 29.8 Å². The maximum atomic E-state index is 12.5. The second kappa shape index (κ2) is 4.83. The molecule has 1 aromatic carbocycles. The molecule has 110 valence electrons. The van der Waals surface area contributed by atoms with Crippen molar-refractivity contribution in [3.8, 4) is 0 Å². The fourth-order valence-electron chi connectivity index (χ4n) is 2.41. The van der Waals surface area contributed by atoms with Crippen LogP contribution in [0.4, 0.5) is 0 Å². The minimum absolute atomic E-state index is 0.0137. The average molecular weight is 299 g/mol. The van der Waals surface area contributed by atoms with Crippen molar-refractivity contribution in [2.45, 2.75) is 36.8 Å². The number of aryl methyl sites for hydroxylation is 1. The number of rotatable bonds is 3. The van der Waals surface area contributed by atoms with Crippen molar-refractivity contribution in [2.24, 2.45) is 0 Å². The van der Waals surface area contributed by atoms with E-state index in [9.17, 15) is 23.4 Å². The topological polar surface area (TPSA) is 94.9 Å². The molecule has 1 aliphatic heterocycles. The quantitative estimate of drug-likeness (QED) is 0.852. The molecule has 0 saturated carbocycles. The van der Waals surface area contributed by atoms with E-state index in [0.717, 1.165) is 9.87 Å².